The third-order valence-electron chi connectivity index (χ3n) is 3.17. The molecular weight excluding hydrogens is 268 g/mol. The Morgan fingerprint density at radius 1 is 1.43 bits per heavy atom. The van der Waals surface area contributed by atoms with Crippen LogP contribution in [0.15, 0.2) is 24.4 Å². The summed E-state index contributed by atoms with van der Waals surface area (Å²) in [5, 5.41) is 7.20. The lowest BCUT2D eigenvalue weighted by molar-refractivity contribution is -0.121. The number of pyridine rings is 1. The van der Waals surface area contributed by atoms with Crippen LogP contribution in [0.3, 0.4) is 0 Å². The van der Waals surface area contributed by atoms with E-state index in [4.69, 9.17) is 4.74 Å². The minimum atomic E-state index is -0.0199. The monoisotopic (exact) mass is 288 g/mol. The Labute approximate surface area is 124 Å². The quantitative estimate of drug-likeness (QED) is 0.877. The second kappa shape index (κ2) is 6.88. The van der Waals surface area contributed by atoms with Gasteiger partial charge in [-0.3, -0.25) is 9.48 Å². The van der Waals surface area contributed by atoms with Crippen molar-refractivity contribution in [3.8, 4) is 5.88 Å². The number of methoxy groups -OCH3 is 1. The number of carbonyl (C=O) groups is 1. The number of nitrogens with one attached hydrogen (secondary N) is 1. The Balaban J connectivity index is 1.84. The van der Waals surface area contributed by atoms with Crippen LogP contribution < -0.4 is 10.1 Å². The van der Waals surface area contributed by atoms with Crippen LogP contribution in [0.5, 0.6) is 5.88 Å². The molecule has 1 N–H and O–H groups in total. The van der Waals surface area contributed by atoms with Gasteiger partial charge in [-0.15, -0.1) is 0 Å². The van der Waals surface area contributed by atoms with Gasteiger partial charge in [0.1, 0.15) is 0 Å². The molecule has 2 heterocycles. The number of rotatable bonds is 6. The van der Waals surface area contributed by atoms with E-state index in [0.717, 1.165) is 17.0 Å². The van der Waals surface area contributed by atoms with Crippen molar-refractivity contribution < 1.29 is 9.53 Å². The van der Waals surface area contributed by atoms with Gasteiger partial charge in [-0.1, -0.05) is 6.07 Å². The van der Waals surface area contributed by atoms with E-state index in [9.17, 15) is 4.79 Å². The molecule has 0 saturated carbocycles. The third-order valence-corrected chi connectivity index (χ3v) is 3.17. The highest BCUT2D eigenvalue weighted by molar-refractivity contribution is 5.75. The molecule has 0 aliphatic heterocycles. The normalized spacial score (nSPS) is 10.4. The highest BCUT2D eigenvalue weighted by atomic mass is 16.5. The third kappa shape index (κ3) is 4.05. The van der Waals surface area contributed by atoms with Crippen LogP contribution in [-0.4, -0.2) is 27.8 Å². The van der Waals surface area contributed by atoms with Crippen LogP contribution in [-0.2, 0) is 17.9 Å². The Kier molecular flexibility index (Phi) is 4.92. The predicted molar refractivity (Wildman–Crippen MR) is 79.0 cm³/mol. The molecule has 0 unspecified atom stereocenters. The second-order valence-electron chi connectivity index (χ2n) is 4.85. The summed E-state index contributed by atoms with van der Waals surface area (Å²) in [4.78, 5) is 16.0. The van der Waals surface area contributed by atoms with Crippen LogP contribution >= 0.6 is 0 Å². The van der Waals surface area contributed by atoms with Crippen molar-refractivity contribution in [1.82, 2.24) is 20.1 Å². The molecule has 0 radical (unpaired) electrons. The Morgan fingerprint density at radius 2 is 2.24 bits per heavy atom. The van der Waals surface area contributed by atoms with Crippen molar-refractivity contribution in [2.75, 3.05) is 7.11 Å². The van der Waals surface area contributed by atoms with E-state index in [1.807, 2.05) is 36.7 Å². The van der Waals surface area contributed by atoms with Gasteiger partial charge in [0.05, 0.1) is 12.8 Å². The summed E-state index contributed by atoms with van der Waals surface area (Å²) in [6.07, 6.45) is 2.05. The molecule has 112 valence electrons. The van der Waals surface area contributed by atoms with Crippen molar-refractivity contribution in [3.63, 3.8) is 0 Å². The smallest absolute Gasteiger partial charge is 0.222 e. The zero-order chi connectivity index (χ0) is 15.2. The Hall–Kier alpha value is -2.37. The fourth-order valence-corrected chi connectivity index (χ4v) is 2.13. The van der Waals surface area contributed by atoms with E-state index < -0.39 is 0 Å². The van der Waals surface area contributed by atoms with Gasteiger partial charge in [0, 0.05) is 37.0 Å². The first kappa shape index (κ1) is 15.0. The fraction of sp³-hybridized carbons (Fsp3) is 0.400. The average Bonchev–Trinajstić information content (AvgIpc) is 2.81. The van der Waals surface area contributed by atoms with Crippen LogP contribution in [0.25, 0.3) is 0 Å². The molecule has 0 atom stereocenters. The number of aromatic nitrogens is 3. The summed E-state index contributed by atoms with van der Waals surface area (Å²) in [5.74, 6) is 0.518. The first-order valence-electron chi connectivity index (χ1n) is 6.86. The van der Waals surface area contributed by atoms with Gasteiger partial charge in [-0.2, -0.15) is 5.10 Å². The molecule has 0 spiro atoms. The summed E-state index contributed by atoms with van der Waals surface area (Å²) in [5.41, 5.74) is 2.89. The summed E-state index contributed by atoms with van der Waals surface area (Å²) in [6.45, 7) is 4.92. The van der Waals surface area contributed by atoms with Crippen molar-refractivity contribution in [2.24, 2.45) is 0 Å². The molecular formula is C15H20N4O2. The molecule has 21 heavy (non-hydrogen) atoms. The molecule has 0 aliphatic rings. The van der Waals surface area contributed by atoms with E-state index in [2.05, 4.69) is 15.4 Å². The molecule has 0 bridgehead atoms. The molecule has 1 amide bonds. The molecule has 6 heteroatoms. The van der Waals surface area contributed by atoms with Crippen LogP contribution in [0, 0.1) is 13.8 Å². The number of aryl methyl sites for hydroxylation is 3. The molecule has 0 saturated heterocycles. The molecule has 0 aliphatic carbocycles. The molecule has 2 rings (SSSR count). The van der Waals surface area contributed by atoms with Gasteiger partial charge >= 0.3 is 0 Å². The first-order valence-corrected chi connectivity index (χ1v) is 6.86. The highest BCUT2D eigenvalue weighted by Crippen LogP contribution is 2.12. The minimum absolute atomic E-state index is 0.0199. The fourth-order valence-electron chi connectivity index (χ4n) is 2.13. The Bertz CT molecular complexity index is 622. The summed E-state index contributed by atoms with van der Waals surface area (Å²) < 4.78 is 7.00. The zero-order valence-corrected chi connectivity index (χ0v) is 12.6. The molecule has 2 aromatic rings. The topological polar surface area (TPSA) is 69.0 Å². The van der Waals surface area contributed by atoms with Gasteiger partial charge in [-0.05, 0) is 26.0 Å². The molecule has 2 aromatic heterocycles. The van der Waals surface area contributed by atoms with Crippen LogP contribution in [0.4, 0.5) is 0 Å². The maximum Gasteiger partial charge on any atom is 0.222 e. The highest BCUT2D eigenvalue weighted by Gasteiger charge is 2.07. The molecule has 6 nitrogen and oxygen atoms in total. The largest absolute Gasteiger partial charge is 0.481 e. The van der Waals surface area contributed by atoms with Crippen molar-refractivity contribution in [3.05, 3.63) is 41.3 Å². The Morgan fingerprint density at radius 3 is 2.90 bits per heavy atom. The number of amides is 1. The van der Waals surface area contributed by atoms with Gasteiger partial charge in [0.25, 0.3) is 0 Å². The lowest BCUT2D eigenvalue weighted by atomic mass is 10.2. The van der Waals surface area contributed by atoms with Crippen molar-refractivity contribution in [1.29, 1.82) is 0 Å². The predicted octanol–water partition coefficient (Wildman–Crippen LogP) is 1.61. The van der Waals surface area contributed by atoms with Gasteiger partial charge in [0.2, 0.25) is 11.8 Å². The number of nitrogens with zero attached hydrogens (tertiary/aromatic N) is 3. The lowest BCUT2D eigenvalue weighted by Crippen LogP contribution is -2.24. The van der Waals surface area contributed by atoms with E-state index >= 15 is 0 Å². The van der Waals surface area contributed by atoms with Gasteiger partial charge in [-0.25, -0.2) is 4.98 Å². The van der Waals surface area contributed by atoms with Gasteiger partial charge in [0.15, 0.2) is 0 Å². The van der Waals surface area contributed by atoms with Crippen LogP contribution in [0.1, 0.15) is 23.4 Å². The van der Waals surface area contributed by atoms with E-state index in [1.54, 1.807) is 13.3 Å². The molecule has 0 aromatic carbocycles. The average molecular weight is 288 g/mol. The molecule has 0 fully saturated rings. The van der Waals surface area contributed by atoms with Crippen LogP contribution in [0.2, 0.25) is 0 Å². The lowest BCUT2D eigenvalue weighted by Gasteiger charge is -2.09. The summed E-state index contributed by atoms with van der Waals surface area (Å²) in [7, 11) is 1.57. The number of hydrogen-bond donors (Lipinski definition) is 1. The summed E-state index contributed by atoms with van der Waals surface area (Å²) in [6, 6.07) is 5.70. The first-order chi connectivity index (χ1) is 10.1. The number of ether oxygens (including phenoxy) is 1. The van der Waals surface area contributed by atoms with E-state index in [0.29, 0.717) is 25.4 Å². The van der Waals surface area contributed by atoms with Crippen molar-refractivity contribution >= 4 is 5.91 Å². The maximum atomic E-state index is 11.9. The minimum Gasteiger partial charge on any atom is -0.481 e. The van der Waals surface area contributed by atoms with Gasteiger partial charge < -0.3 is 10.1 Å². The standard InChI is InChI=1S/C15H20N4O2/c1-11-9-12(2)19(18-11)8-6-14(20)17-10-13-5-4-7-16-15(13)21-3/h4-5,7,9H,6,8,10H2,1-3H3,(H,17,20). The van der Waals surface area contributed by atoms with E-state index in [-0.39, 0.29) is 5.91 Å². The summed E-state index contributed by atoms with van der Waals surface area (Å²) >= 11 is 0. The number of carbonyl (C=O) groups excluding carboxylic acids is 1. The second-order valence-corrected chi connectivity index (χ2v) is 4.85. The maximum absolute atomic E-state index is 11.9. The van der Waals surface area contributed by atoms with E-state index in [1.165, 1.54) is 0 Å². The SMILES string of the molecule is COc1ncccc1CNC(=O)CCn1nc(C)cc1C. The number of hydrogen-bond acceptors (Lipinski definition) is 4. The zero-order valence-electron chi connectivity index (χ0n) is 12.6. The van der Waals surface area contributed by atoms with Crippen molar-refractivity contribution in [2.45, 2.75) is 33.4 Å².